The van der Waals surface area contributed by atoms with Gasteiger partial charge in [0.2, 0.25) is 11.8 Å². The van der Waals surface area contributed by atoms with Crippen LogP contribution in [-0.2, 0) is 22.7 Å². The summed E-state index contributed by atoms with van der Waals surface area (Å²) in [6.45, 7) is 1.61. The van der Waals surface area contributed by atoms with Gasteiger partial charge in [-0.05, 0) is 67.3 Å². The van der Waals surface area contributed by atoms with Gasteiger partial charge in [0.05, 0.1) is 0 Å². The summed E-state index contributed by atoms with van der Waals surface area (Å²) in [6.07, 6.45) is 3.28. The number of ether oxygens (including phenoxy) is 1. The van der Waals surface area contributed by atoms with Crippen LogP contribution < -0.4 is 10.1 Å². The lowest BCUT2D eigenvalue weighted by molar-refractivity contribution is -0.136. The Morgan fingerprint density at radius 1 is 1.00 bits per heavy atom. The number of hydrogen-bond donors (Lipinski definition) is 1. The molecule has 5 rings (SSSR count). The van der Waals surface area contributed by atoms with E-state index in [2.05, 4.69) is 10.2 Å². The van der Waals surface area contributed by atoms with Gasteiger partial charge in [-0.3, -0.25) is 24.6 Å². The van der Waals surface area contributed by atoms with Gasteiger partial charge in [0.1, 0.15) is 18.4 Å². The second-order valence-electron chi connectivity index (χ2n) is 9.52. The minimum absolute atomic E-state index is 0.00443. The summed E-state index contributed by atoms with van der Waals surface area (Å²) < 4.78 is 46.7. The summed E-state index contributed by atoms with van der Waals surface area (Å²) in [5, 5.41) is 2.29. The number of fused-ring (bicyclic) bond motifs is 1. The SMILES string of the molecule is O=C1CCC(N2Cc3cc(OCC4CCCCN4Cc4cc(F)c(F)c(F)c4)ccc3C2=O)C(=O)N1. The molecule has 3 heterocycles. The maximum atomic E-state index is 13.7. The van der Waals surface area contributed by atoms with Crippen LogP contribution in [0, 0.1) is 17.5 Å². The number of piperidine rings is 2. The summed E-state index contributed by atoms with van der Waals surface area (Å²) in [5.74, 6) is -4.32. The molecule has 190 valence electrons. The molecule has 0 bridgehead atoms. The molecule has 7 nitrogen and oxygen atoms in total. The number of carbonyl (C=O) groups is 3. The molecule has 36 heavy (non-hydrogen) atoms. The molecule has 3 aliphatic heterocycles. The monoisotopic (exact) mass is 501 g/mol. The van der Waals surface area contributed by atoms with Gasteiger partial charge in [0.25, 0.3) is 5.91 Å². The number of benzene rings is 2. The minimum Gasteiger partial charge on any atom is -0.492 e. The molecule has 2 fully saturated rings. The number of carbonyl (C=O) groups excluding carboxylic acids is 3. The van der Waals surface area contributed by atoms with Gasteiger partial charge in [-0.1, -0.05) is 6.42 Å². The predicted molar refractivity (Wildman–Crippen MR) is 122 cm³/mol. The molecule has 2 aromatic rings. The summed E-state index contributed by atoms with van der Waals surface area (Å²) >= 11 is 0. The Bertz CT molecular complexity index is 1200. The van der Waals surface area contributed by atoms with Crippen molar-refractivity contribution in [2.24, 2.45) is 0 Å². The highest BCUT2D eigenvalue weighted by molar-refractivity contribution is 6.05. The molecule has 0 aliphatic carbocycles. The molecule has 0 saturated carbocycles. The molecule has 2 unspecified atom stereocenters. The van der Waals surface area contributed by atoms with E-state index in [4.69, 9.17) is 4.74 Å². The number of halogens is 3. The summed E-state index contributed by atoms with van der Waals surface area (Å²) in [6, 6.07) is 6.56. The molecule has 2 saturated heterocycles. The van der Waals surface area contributed by atoms with Crippen molar-refractivity contribution in [2.75, 3.05) is 13.2 Å². The van der Waals surface area contributed by atoms with Crippen LogP contribution >= 0.6 is 0 Å². The zero-order valence-electron chi connectivity index (χ0n) is 19.6. The molecular formula is C26H26F3N3O4. The van der Waals surface area contributed by atoms with Gasteiger partial charge in [0, 0.05) is 31.1 Å². The van der Waals surface area contributed by atoms with Crippen molar-refractivity contribution in [1.29, 1.82) is 0 Å². The highest BCUT2D eigenvalue weighted by atomic mass is 19.2. The highest BCUT2D eigenvalue weighted by Crippen LogP contribution is 2.31. The van der Waals surface area contributed by atoms with Crippen molar-refractivity contribution in [3.63, 3.8) is 0 Å². The fourth-order valence-corrected chi connectivity index (χ4v) is 5.22. The Balaban J connectivity index is 1.23. The zero-order chi connectivity index (χ0) is 25.4. The fourth-order valence-electron chi connectivity index (χ4n) is 5.22. The summed E-state index contributed by atoms with van der Waals surface area (Å²) in [4.78, 5) is 40.1. The van der Waals surface area contributed by atoms with Crippen LogP contribution in [0.4, 0.5) is 13.2 Å². The first-order chi connectivity index (χ1) is 17.3. The van der Waals surface area contributed by atoms with Gasteiger partial charge in [0.15, 0.2) is 17.5 Å². The predicted octanol–water partition coefficient (Wildman–Crippen LogP) is 3.30. The number of imide groups is 1. The third-order valence-electron chi connectivity index (χ3n) is 7.12. The van der Waals surface area contributed by atoms with Crippen LogP contribution in [0.15, 0.2) is 30.3 Å². The lowest BCUT2D eigenvalue weighted by atomic mass is 10.0. The zero-order valence-corrected chi connectivity index (χ0v) is 19.6. The molecule has 0 aromatic heterocycles. The van der Waals surface area contributed by atoms with E-state index in [-0.39, 0.29) is 37.4 Å². The Morgan fingerprint density at radius 2 is 1.78 bits per heavy atom. The van der Waals surface area contributed by atoms with E-state index in [9.17, 15) is 27.6 Å². The Labute approximate surface area is 206 Å². The third kappa shape index (κ3) is 4.82. The Morgan fingerprint density at radius 3 is 2.53 bits per heavy atom. The van der Waals surface area contributed by atoms with Crippen molar-refractivity contribution in [2.45, 2.75) is 57.3 Å². The average molecular weight is 502 g/mol. The van der Waals surface area contributed by atoms with Crippen LogP contribution in [0.5, 0.6) is 5.75 Å². The second-order valence-corrected chi connectivity index (χ2v) is 9.52. The van der Waals surface area contributed by atoms with Crippen LogP contribution in [0.2, 0.25) is 0 Å². The standard InChI is InChI=1S/C26H26F3N3O4/c27-20-9-15(10-21(28)24(20)29)12-31-8-2-1-3-17(31)14-36-18-4-5-19-16(11-18)13-32(26(19)35)22-6-7-23(33)30-25(22)34/h4-5,9-11,17,22H,1-3,6-8,12-14H2,(H,30,33,34). The molecule has 1 N–H and O–H groups in total. The van der Waals surface area contributed by atoms with Gasteiger partial charge >= 0.3 is 0 Å². The summed E-state index contributed by atoms with van der Waals surface area (Å²) in [7, 11) is 0. The molecule has 3 amide bonds. The van der Waals surface area contributed by atoms with Crippen molar-refractivity contribution in [1.82, 2.24) is 15.1 Å². The molecule has 10 heteroatoms. The number of likely N-dealkylation sites (tertiary alicyclic amines) is 1. The van der Waals surface area contributed by atoms with Crippen molar-refractivity contribution < 1.29 is 32.3 Å². The lowest BCUT2D eigenvalue weighted by Crippen LogP contribution is -2.52. The number of rotatable bonds is 6. The molecular weight excluding hydrogens is 475 g/mol. The van der Waals surface area contributed by atoms with E-state index in [1.165, 1.54) is 4.90 Å². The van der Waals surface area contributed by atoms with Gasteiger partial charge in [-0.15, -0.1) is 0 Å². The fraction of sp³-hybridized carbons (Fsp3) is 0.423. The minimum atomic E-state index is -1.47. The maximum absolute atomic E-state index is 13.7. The molecule has 0 spiro atoms. The molecule has 0 radical (unpaired) electrons. The Kier molecular flexibility index (Phi) is 6.70. The van der Waals surface area contributed by atoms with Crippen LogP contribution in [-0.4, -0.2) is 52.8 Å². The Hall–Kier alpha value is -3.40. The summed E-state index contributed by atoms with van der Waals surface area (Å²) in [5.41, 5.74) is 1.62. The van der Waals surface area contributed by atoms with E-state index in [1.807, 2.05) is 0 Å². The van der Waals surface area contributed by atoms with Crippen molar-refractivity contribution >= 4 is 17.7 Å². The molecule has 2 atom stereocenters. The van der Waals surface area contributed by atoms with Gasteiger partial charge in [-0.2, -0.15) is 0 Å². The lowest BCUT2D eigenvalue weighted by Gasteiger charge is -2.35. The van der Waals surface area contributed by atoms with E-state index in [1.54, 1.807) is 18.2 Å². The van der Waals surface area contributed by atoms with E-state index < -0.39 is 29.4 Å². The van der Waals surface area contributed by atoms with Crippen LogP contribution in [0.25, 0.3) is 0 Å². The first kappa shape index (κ1) is 24.3. The smallest absolute Gasteiger partial charge is 0.255 e. The third-order valence-corrected chi connectivity index (χ3v) is 7.12. The first-order valence-corrected chi connectivity index (χ1v) is 12.1. The highest BCUT2D eigenvalue weighted by Gasteiger charge is 2.39. The van der Waals surface area contributed by atoms with Gasteiger partial charge < -0.3 is 9.64 Å². The van der Waals surface area contributed by atoms with Crippen LogP contribution in [0.1, 0.15) is 53.6 Å². The molecule has 2 aromatic carbocycles. The van der Waals surface area contributed by atoms with Crippen molar-refractivity contribution in [3.8, 4) is 5.75 Å². The van der Waals surface area contributed by atoms with E-state index in [0.717, 1.165) is 43.5 Å². The number of nitrogens with one attached hydrogen (secondary N) is 1. The number of amides is 3. The molecule has 3 aliphatic rings. The van der Waals surface area contributed by atoms with Crippen LogP contribution in [0.3, 0.4) is 0 Å². The van der Waals surface area contributed by atoms with Crippen molar-refractivity contribution in [3.05, 3.63) is 64.5 Å². The first-order valence-electron chi connectivity index (χ1n) is 12.1. The van der Waals surface area contributed by atoms with E-state index >= 15 is 0 Å². The van der Waals surface area contributed by atoms with Gasteiger partial charge in [-0.25, -0.2) is 13.2 Å². The normalized spacial score (nSPS) is 22.5. The average Bonchev–Trinajstić information content (AvgIpc) is 3.17. The second kappa shape index (κ2) is 9.93. The largest absolute Gasteiger partial charge is 0.492 e. The quantitative estimate of drug-likeness (QED) is 0.486. The van der Waals surface area contributed by atoms with E-state index in [0.29, 0.717) is 29.9 Å². The number of hydrogen-bond acceptors (Lipinski definition) is 5. The number of nitrogens with zero attached hydrogens (tertiary/aromatic N) is 2. The topological polar surface area (TPSA) is 79.0 Å². The maximum Gasteiger partial charge on any atom is 0.255 e.